The van der Waals surface area contributed by atoms with Gasteiger partial charge in [-0.3, -0.25) is 4.79 Å². The maximum atomic E-state index is 12.6. The lowest BCUT2D eigenvalue weighted by atomic mass is 10.1. The summed E-state index contributed by atoms with van der Waals surface area (Å²) < 4.78 is 5.36. The number of anilines is 2. The minimum Gasteiger partial charge on any atom is -0.478 e. The predicted octanol–water partition coefficient (Wildman–Crippen LogP) is 2.78. The fourth-order valence-electron chi connectivity index (χ4n) is 2.83. The van der Waals surface area contributed by atoms with E-state index in [0.29, 0.717) is 37.6 Å². The summed E-state index contributed by atoms with van der Waals surface area (Å²) in [7, 11) is 0. The Bertz CT molecular complexity index is 798. The molecule has 0 aromatic heterocycles. The van der Waals surface area contributed by atoms with E-state index < -0.39 is 5.97 Å². The summed E-state index contributed by atoms with van der Waals surface area (Å²) in [5, 5.41) is 12.1. The van der Waals surface area contributed by atoms with E-state index in [1.807, 2.05) is 19.1 Å². The zero-order valence-corrected chi connectivity index (χ0v) is 14.0. The Morgan fingerprint density at radius 2 is 1.84 bits per heavy atom. The number of ether oxygens (including phenoxy) is 1. The largest absolute Gasteiger partial charge is 0.478 e. The highest BCUT2D eigenvalue weighted by Crippen LogP contribution is 2.28. The second-order valence-electron chi connectivity index (χ2n) is 5.96. The molecule has 0 spiro atoms. The number of hydrogen-bond acceptors (Lipinski definition) is 4. The molecule has 3 rings (SSSR count). The van der Waals surface area contributed by atoms with Crippen LogP contribution in [-0.4, -0.2) is 43.3 Å². The normalized spacial score (nSPS) is 14.2. The van der Waals surface area contributed by atoms with Crippen molar-refractivity contribution in [2.24, 2.45) is 0 Å². The summed E-state index contributed by atoms with van der Waals surface area (Å²) in [4.78, 5) is 26.0. The molecule has 1 amide bonds. The van der Waals surface area contributed by atoms with E-state index in [0.717, 1.165) is 11.3 Å². The Morgan fingerprint density at radius 1 is 1.08 bits per heavy atom. The zero-order valence-electron chi connectivity index (χ0n) is 14.0. The van der Waals surface area contributed by atoms with Gasteiger partial charge in [-0.05, 0) is 37.3 Å². The van der Waals surface area contributed by atoms with Crippen molar-refractivity contribution in [2.75, 3.05) is 36.5 Å². The molecule has 0 bridgehead atoms. The van der Waals surface area contributed by atoms with E-state index in [4.69, 9.17) is 4.74 Å². The maximum Gasteiger partial charge on any atom is 0.335 e. The number of carbonyl (C=O) groups is 2. The zero-order chi connectivity index (χ0) is 17.8. The highest BCUT2D eigenvalue weighted by molar-refractivity contribution is 6.06. The number of benzene rings is 2. The van der Waals surface area contributed by atoms with Crippen molar-refractivity contribution in [3.8, 4) is 0 Å². The number of amides is 1. The van der Waals surface area contributed by atoms with Gasteiger partial charge in [0.15, 0.2) is 0 Å². The quantitative estimate of drug-likeness (QED) is 0.895. The number of aromatic carboxylic acids is 1. The van der Waals surface area contributed by atoms with Crippen LogP contribution in [0.5, 0.6) is 0 Å². The minimum absolute atomic E-state index is 0.136. The number of nitrogens with zero attached hydrogens (tertiary/aromatic N) is 1. The van der Waals surface area contributed by atoms with Gasteiger partial charge in [0.2, 0.25) is 0 Å². The van der Waals surface area contributed by atoms with Crippen LogP contribution in [0.15, 0.2) is 42.5 Å². The Balaban J connectivity index is 1.92. The molecule has 1 heterocycles. The molecule has 130 valence electrons. The van der Waals surface area contributed by atoms with Crippen LogP contribution in [0.4, 0.5) is 11.4 Å². The molecular weight excluding hydrogens is 320 g/mol. The number of aryl methyl sites for hydroxylation is 1. The molecule has 1 aliphatic rings. The van der Waals surface area contributed by atoms with Gasteiger partial charge in [-0.15, -0.1) is 0 Å². The number of rotatable bonds is 4. The Labute approximate surface area is 146 Å². The van der Waals surface area contributed by atoms with Crippen LogP contribution in [0, 0.1) is 6.92 Å². The van der Waals surface area contributed by atoms with Crippen LogP contribution in [0.1, 0.15) is 26.3 Å². The van der Waals surface area contributed by atoms with Gasteiger partial charge in [-0.2, -0.15) is 0 Å². The van der Waals surface area contributed by atoms with E-state index in [2.05, 4.69) is 10.2 Å². The van der Waals surface area contributed by atoms with Gasteiger partial charge in [0.05, 0.1) is 30.2 Å². The summed E-state index contributed by atoms with van der Waals surface area (Å²) in [5.74, 6) is -1.29. The molecule has 0 radical (unpaired) electrons. The average molecular weight is 340 g/mol. The summed E-state index contributed by atoms with van der Waals surface area (Å²) in [5.41, 5.74) is 2.95. The van der Waals surface area contributed by atoms with Gasteiger partial charge in [0.25, 0.3) is 5.91 Å². The van der Waals surface area contributed by atoms with Gasteiger partial charge in [0, 0.05) is 18.7 Å². The summed E-state index contributed by atoms with van der Waals surface area (Å²) >= 11 is 0. The molecule has 6 heteroatoms. The standard InChI is InChI=1S/C19H20N2O4/c1-13-3-2-4-14(11-13)18(22)20-16-12-15(19(23)24)5-6-17(16)21-7-9-25-10-8-21/h2-6,11-12H,7-10H2,1H3,(H,20,22)(H,23,24). The Morgan fingerprint density at radius 3 is 2.52 bits per heavy atom. The van der Waals surface area contributed by atoms with Crippen LogP contribution in [-0.2, 0) is 4.74 Å². The van der Waals surface area contributed by atoms with Crippen LogP contribution >= 0.6 is 0 Å². The molecule has 1 fully saturated rings. The molecule has 2 N–H and O–H groups in total. The van der Waals surface area contributed by atoms with E-state index in [-0.39, 0.29) is 11.5 Å². The van der Waals surface area contributed by atoms with Gasteiger partial charge >= 0.3 is 5.97 Å². The van der Waals surface area contributed by atoms with Crippen molar-refractivity contribution in [1.82, 2.24) is 0 Å². The maximum absolute atomic E-state index is 12.6. The SMILES string of the molecule is Cc1cccc(C(=O)Nc2cc(C(=O)O)ccc2N2CCOCC2)c1. The third kappa shape index (κ3) is 3.97. The monoisotopic (exact) mass is 340 g/mol. The van der Waals surface area contributed by atoms with Crippen molar-refractivity contribution >= 4 is 23.3 Å². The minimum atomic E-state index is -1.03. The Hall–Kier alpha value is -2.86. The van der Waals surface area contributed by atoms with Crippen LogP contribution < -0.4 is 10.2 Å². The lowest BCUT2D eigenvalue weighted by Crippen LogP contribution is -2.36. The molecule has 0 atom stereocenters. The molecule has 0 saturated carbocycles. The van der Waals surface area contributed by atoms with E-state index in [1.54, 1.807) is 24.3 Å². The number of carbonyl (C=O) groups excluding carboxylic acids is 1. The fraction of sp³-hybridized carbons (Fsp3) is 0.263. The average Bonchev–Trinajstić information content (AvgIpc) is 2.62. The summed E-state index contributed by atoms with van der Waals surface area (Å²) in [6.07, 6.45) is 0. The molecule has 6 nitrogen and oxygen atoms in total. The summed E-state index contributed by atoms with van der Waals surface area (Å²) in [6.45, 7) is 4.51. The smallest absolute Gasteiger partial charge is 0.335 e. The molecule has 2 aromatic rings. The predicted molar refractivity (Wildman–Crippen MR) is 95.6 cm³/mol. The van der Waals surface area contributed by atoms with Crippen LogP contribution in [0.25, 0.3) is 0 Å². The molecule has 0 aliphatic carbocycles. The molecular formula is C19H20N2O4. The lowest BCUT2D eigenvalue weighted by molar-refractivity contribution is 0.0696. The number of hydrogen-bond donors (Lipinski definition) is 2. The second kappa shape index (κ2) is 7.36. The third-order valence-electron chi connectivity index (χ3n) is 4.12. The van der Waals surface area contributed by atoms with Crippen LogP contribution in [0.2, 0.25) is 0 Å². The fourth-order valence-corrected chi connectivity index (χ4v) is 2.83. The van der Waals surface area contributed by atoms with Crippen LogP contribution in [0.3, 0.4) is 0 Å². The first-order chi connectivity index (χ1) is 12.0. The molecule has 1 aliphatic heterocycles. The first kappa shape index (κ1) is 17.0. The molecule has 25 heavy (non-hydrogen) atoms. The molecule has 2 aromatic carbocycles. The van der Waals surface area contributed by atoms with Gasteiger partial charge in [0.1, 0.15) is 0 Å². The second-order valence-corrected chi connectivity index (χ2v) is 5.96. The van der Waals surface area contributed by atoms with Crippen molar-refractivity contribution in [3.63, 3.8) is 0 Å². The van der Waals surface area contributed by atoms with Crippen molar-refractivity contribution in [2.45, 2.75) is 6.92 Å². The van der Waals surface area contributed by atoms with E-state index in [1.165, 1.54) is 6.07 Å². The third-order valence-corrected chi connectivity index (χ3v) is 4.12. The van der Waals surface area contributed by atoms with Gasteiger partial charge < -0.3 is 20.1 Å². The highest BCUT2D eigenvalue weighted by atomic mass is 16.5. The highest BCUT2D eigenvalue weighted by Gasteiger charge is 2.18. The number of carboxylic acid groups (broad SMARTS) is 1. The van der Waals surface area contributed by atoms with Crippen molar-refractivity contribution in [1.29, 1.82) is 0 Å². The van der Waals surface area contributed by atoms with E-state index in [9.17, 15) is 14.7 Å². The number of morpholine rings is 1. The number of nitrogens with one attached hydrogen (secondary N) is 1. The van der Waals surface area contributed by atoms with E-state index >= 15 is 0 Å². The van der Waals surface area contributed by atoms with Crippen molar-refractivity contribution in [3.05, 3.63) is 59.2 Å². The first-order valence-electron chi connectivity index (χ1n) is 8.12. The van der Waals surface area contributed by atoms with Gasteiger partial charge in [-0.25, -0.2) is 4.79 Å². The first-order valence-corrected chi connectivity index (χ1v) is 8.12. The summed E-state index contributed by atoms with van der Waals surface area (Å²) in [6, 6.07) is 12.1. The lowest BCUT2D eigenvalue weighted by Gasteiger charge is -2.30. The Kier molecular flexibility index (Phi) is 5.00. The number of carboxylic acids is 1. The molecule has 1 saturated heterocycles. The van der Waals surface area contributed by atoms with Crippen molar-refractivity contribution < 1.29 is 19.4 Å². The topological polar surface area (TPSA) is 78.9 Å². The van der Waals surface area contributed by atoms with Gasteiger partial charge in [-0.1, -0.05) is 17.7 Å². The molecule has 0 unspecified atom stereocenters.